The quantitative estimate of drug-likeness (QED) is 0.508. The van der Waals surface area contributed by atoms with Gasteiger partial charge in [-0.05, 0) is 56.5 Å². The lowest BCUT2D eigenvalue weighted by Gasteiger charge is -2.35. The number of aryl methyl sites for hydroxylation is 1. The minimum atomic E-state index is -2.73. The molecular formula is C26H25F2N5O3. The Labute approximate surface area is 206 Å². The number of imide groups is 1. The van der Waals surface area contributed by atoms with E-state index in [9.17, 15) is 18.4 Å². The minimum absolute atomic E-state index is 0.101. The topological polar surface area (TPSA) is 97.3 Å². The zero-order chi connectivity index (χ0) is 25.3. The van der Waals surface area contributed by atoms with Crippen molar-refractivity contribution in [3.63, 3.8) is 0 Å². The molecule has 1 aliphatic heterocycles. The zero-order valence-electron chi connectivity index (χ0n) is 19.7. The van der Waals surface area contributed by atoms with Crippen molar-refractivity contribution < 1.29 is 23.1 Å². The van der Waals surface area contributed by atoms with Crippen molar-refractivity contribution in [3.05, 3.63) is 60.7 Å². The molecular weight excluding hydrogens is 468 g/mol. The molecule has 36 heavy (non-hydrogen) atoms. The second kappa shape index (κ2) is 9.25. The van der Waals surface area contributed by atoms with Crippen LogP contribution in [0.3, 0.4) is 0 Å². The second-order valence-corrected chi connectivity index (χ2v) is 9.32. The number of likely N-dealkylation sites (tertiary alicyclic amines) is 1. The van der Waals surface area contributed by atoms with Crippen LogP contribution in [0.1, 0.15) is 37.8 Å². The molecule has 1 saturated carbocycles. The number of hydrogen-bond acceptors (Lipinski definition) is 6. The standard InChI is InChI=1S/C26H25F2N5O3/c1-17-2-3-18(15-30-17)21-14-19(6-12-29-21)36-20-4-5-22(31-16-20)32-24(35)33-13-11-25(23(33)34)7-9-26(27,28)10-8-25/h2-6,12,14-16H,7-11,13H2,1H3,(H,31,32,35). The number of carbonyl (C=O) groups excluding carboxylic acids is 2. The van der Waals surface area contributed by atoms with E-state index in [2.05, 4.69) is 20.3 Å². The first-order valence-electron chi connectivity index (χ1n) is 11.8. The van der Waals surface area contributed by atoms with Crippen molar-refractivity contribution in [2.24, 2.45) is 5.41 Å². The van der Waals surface area contributed by atoms with Crippen LogP contribution in [0.25, 0.3) is 11.3 Å². The molecule has 2 aliphatic rings. The summed E-state index contributed by atoms with van der Waals surface area (Å²) in [6.45, 7) is 2.12. The van der Waals surface area contributed by atoms with E-state index in [1.807, 2.05) is 19.1 Å². The van der Waals surface area contributed by atoms with Gasteiger partial charge in [-0.15, -0.1) is 0 Å². The van der Waals surface area contributed by atoms with Crippen LogP contribution in [0, 0.1) is 12.3 Å². The van der Waals surface area contributed by atoms with E-state index in [4.69, 9.17) is 4.74 Å². The van der Waals surface area contributed by atoms with Crippen LogP contribution < -0.4 is 10.1 Å². The van der Waals surface area contributed by atoms with Crippen molar-refractivity contribution in [1.29, 1.82) is 0 Å². The molecule has 10 heteroatoms. The first-order valence-corrected chi connectivity index (χ1v) is 11.8. The van der Waals surface area contributed by atoms with E-state index >= 15 is 0 Å². The molecule has 4 heterocycles. The number of nitrogens with zero attached hydrogens (tertiary/aromatic N) is 4. The summed E-state index contributed by atoms with van der Waals surface area (Å²) in [6.07, 6.45) is 4.81. The van der Waals surface area contributed by atoms with Gasteiger partial charge in [0.1, 0.15) is 17.3 Å². The fourth-order valence-corrected chi connectivity index (χ4v) is 4.65. The molecule has 186 valence electrons. The molecule has 1 spiro atoms. The summed E-state index contributed by atoms with van der Waals surface area (Å²) in [5.74, 6) is -1.85. The van der Waals surface area contributed by atoms with Crippen LogP contribution in [0.5, 0.6) is 11.5 Å². The van der Waals surface area contributed by atoms with Gasteiger partial charge in [0.25, 0.3) is 0 Å². The number of anilines is 1. The average molecular weight is 494 g/mol. The van der Waals surface area contributed by atoms with E-state index < -0.39 is 17.4 Å². The highest BCUT2D eigenvalue weighted by Crippen LogP contribution is 2.49. The molecule has 0 unspecified atom stereocenters. The fraction of sp³-hybridized carbons (Fsp3) is 0.346. The zero-order valence-corrected chi connectivity index (χ0v) is 19.7. The third-order valence-electron chi connectivity index (χ3n) is 6.84. The SMILES string of the molecule is Cc1ccc(-c2cc(Oc3ccc(NC(=O)N4CCC5(CCC(F)(F)CC5)C4=O)nc3)ccn2)cn1. The number of alkyl halides is 2. The lowest BCUT2D eigenvalue weighted by molar-refractivity contribution is -0.140. The van der Waals surface area contributed by atoms with Crippen LogP contribution in [-0.4, -0.2) is 44.3 Å². The predicted octanol–water partition coefficient (Wildman–Crippen LogP) is 5.60. The minimum Gasteiger partial charge on any atom is -0.456 e. The number of hydrogen-bond donors (Lipinski definition) is 1. The van der Waals surface area contributed by atoms with Gasteiger partial charge in [0.2, 0.25) is 11.8 Å². The van der Waals surface area contributed by atoms with Crippen molar-refractivity contribution >= 4 is 17.8 Å². The molecule has 1 saturated heterocycles. The van der Waals surface area contributed by atoms with Crippen LogP contribution in [0.2, 0.25) is 0 Å². The Kier molecular flexibility index (Phi) is 6.11. The Morgan fingerprint density at radius 3 is 2.47 bits per heavy atom. The first kappa shape index (κ1) is 23.8. The normalized spacial score (nSPS) is 18.3. The third-order valence-corrected chi connectivity index (χ3v) is 6.84. The lowest BCUT2D eigenvalue weighted by Crippen LogP contribution is -2.43. The first-order chi connectivity index (χ1) is 17.2. The van der Waals surface area contributed by atoms with Gasteiger partial charge in [0.15, 0.2) is 0 Å². The number of pyridine rings is 3. The van der Waals surface area contributed by atoms with Gasteiger partial charge in [-0.3, -0.25) is 25.0 Å². The number of carbonyl (C=O) groups is 2. The smallest absolute Gasteiger partial charge is 0.329 e. The molecule has 0 bridgehead atoms. The van der Waals surface area contributed by atoms with Gasteiger partial charge in [-0.1, -0.05) is 0 Å². The largest absolute Gasteiger partial charge is 0.456 e. The van der Waals surface area contributed by atoms with Crippen LogP contribution in [-0.2, 0) is 4.79 Å². The van der Waals surface area contributed by atoms with Gasteiger partial charge in [0, 0.05) is 49.1 Å². The molecule has 1 aliphatic carbocycles. The molecule has 5 rings (SSSR count). The predicted molar refractivity (Wildman–Crippen MR) is 128 cm³/mol. The van der Waals surface area contributed by atoms with Gasteiger partial charge < -0.3 is 4.74 Å². The van der Waals surface area contributed by atoms with E-state index in [1.165, 1.54) is 6.20 Å². The Morgan fingerprint density at radius 2 is 1.78 bits per heavy atom. The van der Waals surface area contributed by atoms with Gasteiger partial charge in [-0.25, -0.2) is 18.6 Å². The monoisotopic (exact) mass is 493 g/mol. The number of rotatable bonds is 4. The maximum Gasteiger partial charge on any atom is 0.329 e. The highest BCUT2D eigenvalue weighted by Gasteiger charge is 2.53. The summed E-state index contributed by atoms with van der Waals surface area (Å²) in [5, 5.41) is 2.61. The van der Waals surface area contributed by atoms with Crippen molar-refractivity contribution in [2.45, 2.75) is 45.0 Å². The van der Waals surface area contributed by atoms with E-state index in [0.717, 1.165) is 16.2 Å². The number of urea groups is 1. The van der Waals surface area contributed by atoms with E-state index in [-0.39, 0.29) is 44.0 Å². The Hall–Kier alpha value is -3.95. The number of nitrogens with one attached hydrogen (secondary N) is 1. The second-order valence-electron chi connectivity index (χ2n) is 9.32. The maximum absolute atomic E-state index is 13.6. The van der Waals surface area contributed by atoms with Crippen molar-refractivity contribution in [3.8, 4) is 22.8 Å². The summed E-state index contributed by atoms with van der Waals surface area (Å²) in [6, 6.07) is 9.95. The summed E-state index contributed by atoms with van der Waals surface area (Å²) in [5.41, 5.74) is 1.63. The Bertz CT molecular complexity index is 1270. The number of halogens is 2. The van der Waals surface area contributed by atoms with Gasteiger partial charge in [-0.2, -0.15) is 0 Å². The highest BCUT2D eigenvalue weighted by molar-refractivity contribution is 6.04. The summed E-state index contributed by atoms with van der Waals surface area (Å²) < 4.78 is 33.0. The Balaban J connectivity index is 1.20. The van der Waals surface area contributed by atoms with Crippen LogP contribution >= 0.6 is 0 Å². The maximum atomic E-state index is 13.6. The molecule has 3 aromatic rings. The Morgan fingerprint density at radius 1 is 0.972 bits per heavy atom. The number of aromatic nitrogens is 3. The molecule has 1 N–H and O–H groups in total. The molecule has 8 nitrogen and oxygen atoms in total. The van der Waals surface area contributed by atoms with Gasteiger partial charge >= 0.3 is 6.03 Å². The third kappa shape index (κ3) is 4.89. The van der Waals surface area contributed by atoms with Crippen LogP contribution in [0.4, 0.5) is 19.4 Å². The lowest BCUT2D eigenvalue weighted by atomic mass is 9.72. The van der Waals surface area contributed by atoms with Crippen LogP contribution in [0.15, 0.2) is 55.0 Å². The summed E-state index contributed by atoms with van der Waals surface area (Å²) >= 11 is 0. The molecule has 0 aromatic carbocycles. The number of amides is 3. The van der Waals surface area contributed by atoms with Gasteiger partial charge in [0.05, 0.1) is 17.3 Å². The molecule has 0 radical (unpaired) electrons. The van der Waals surface area contributed by atoms with E-state index in [1.54, 1.807) is 36.7 Å². The fourth-order valence-electron chi connectivity index (χ4n) is 4.65. The summed E-state index contributed by atoms with van der Waals surface area (Å²) in [7, 11) is 0. The van der Waals surface area contributed by atoms with Crippen molar-refractivity contribution in [1.82, 2.24) is 19.9 Å². The average Bonchev–Trinajstić information content (AvgIpc) is 3.19. The molecule has 3 amide bonds. The highest BCUT2D eigenvalue weighted by atomic mass is 19.3. The molecule has 2 fully saturated rings. The van der Waals surface area contributed by atoms with Crippen molar-refractivity contribution in [2.75, 3.05) is 11.9 Å². The molecule has 0 atom stereocenters. The molecule has 3 aromatic heterocycles. The van der Waals surface area contributed by atoms with E-state index in [0.29, 0.717) is 23.6 Å². The number of ether oxygens (including phenoxy) is 1. The summed E-state index contributed by atoms with van der Waals surface area (Å²) in [4.78, 5) is 39.6.